The van der Waals surface area contributed by atoms with Crippen LogP contribution in [0.2, 0.25) is 0 Å². The summed E-state index contributed by atoms with van der Waals surface area (Å²) in [7, 11) is 4.09. The van der Waals surface area contributed by atoms with E-state index >= 15 is 0 Å². The van der Waals surface area contributed by atoms with E-state index in [-0.39, 0.29) is 36.0 Å². The van der Waals surface area contributed by atoms with Crippen LogP contribution in [0.25, 0.3) is 0 Å². The zero-order chi connectivity index (χ0) is 17.3. The number of nitrogens with zero attached hydrogens (tertiary/aromatic N) is 3. The van der Waals surface area contributed by atoms with Gasteiger partial charge in [0, 0.05) is 44.7 Å². The van der Waals surface area contributed by atoms with E-state index in [2.05, 4.69) is 22.2 Å². The van der Waals surface area contributed by atoms with Crippen molar-refractivity contribution in [1.82, 2.24) is 20.0 Å². The molecule has 0 bridgehead atoms. The number of piperidine rings is 1. The Kier molecular flexibility index (Phi) is 5.42. The molecule has 0 spiro atoms. The molecule has 0 unspecified atom stereocenters. The van der Waals surface area contributed by atoms with Crippen LogP contribution in [0, 0.1) is 0 Å². The molecule has 3 heterocycles. The largest absolute Gasteiger partial charge is 0.393 e. The Labute approximate surface area is 144 Å². The zero-order valence-corrected chi connectivity index (χ0v) is 14.8. The number of hydrogen-bond acceptors (Lipinski definition) is 5. The van der Waals surface area contributed by atoms with Crippen LogP contribution in [0.4, 0.5) is 0 Å². The average Bonchev–Trinajstić information content (AvgIpc) is 2.90. The molecule has 0 aromatic heterocycles. The van der Waals surface area contributed by atoms with Gasteiger partial charge >= 0.3 is 0 Å². The summed E-state index contributed by atoms with van der Waals surface area (Å²) in [5, 5.41) is 12.6. The molecular formula is C17H30N4O3. The van der Waals surface area contributed by atoms with Crippen molar-refractivity contribution >= 4 is 11.8 Å². The molecule has 0 aromatic rings. The number of hydrogen-bond donors (Lipinski definition) is 2. The predicted molar refractivity (Wildman–Crippen MR) is 90.4 cm³/mol. The Morgan fingerprint density at radius 3 is 2.62 bits per heavy atom. The SMILES string of the molecule is CN1CC[C@@H]2[C@H]1C(=O)NC[C@H](CCC(=O)N1CCC(O)CC1)N2C. The molecule has 136 valence electrons. The highest BCUT2D eigenvalue weighted by Crippen LogP contribution is 2.26. The first-order chi connectivity index (χ1) is 11.5. The number of rotatable bonds is 3. The summed E-state index contributed by atoms with van der Waals surface area (Å²) in [4.78, 5) is 31.1. The van der Waals surface area contributed by atoms with Crippen molar-refractivity contribution in [2.75, 3.05) is 40.3 Å². The lowest BCUT2D eigenvalue weighted by Crippen LogP contribution is -2.48. The van der Waals surface area contributed by atoms with Gasteiger partial charge in [-0.1, -0.05) is 0 Å². The number of fused-ring (bicyclic) bond motifs is 1. The summed E-state index contributed by atoms with van der Waals surface area (Å²) >= 11 is 0. The lowest BCUT2D eigenvalue weighted by molar-refractivity contribution is -0.133. The van der Waals surface area contributed by atoms with E-state index in [1.54, 1.807) is 0 Å². The van der Waals surface area contributed by atoms with E-state index in [9.17, 15) is 14.7 Å². The molecule has 24 heavy (non-hydrogen) atoms. The van der Waals surface area contributed by atoms with Crippen LogP contribution < -0.4 is 5.32 Å². The van der Waals surface area contributed by atoms with Gasteiger partial charge in [0.15, 0.2) is 0 Å². The highest BCUT2D eigenvalue weighted by molar-refractivity contribution is 5.83. The van der Waals surface area contributed by atoms with Gasteiger partial charge in [-0.2, -0.15) is 0 Å². The predicted octanol–water partition coefficient (Wildman–Crippen LogP) is -0.747. The highest BCUT2D eigenvalue weighted by atomic mass is 16.3. The first-order valence-electron chi connectivity index (χ1n) is 9.13. The van der Waals surface area contributed by atoms with Crippen molar-refractivity contribution in [1.29, 1.82) is 0 Å². The topological polar surface area (TPSA) is 76.1 Å². The van der Waals surface area contributed by atoms with Gasteiger partial charge in [0.2, 0.25) is 11.8 Å². The van der Waals surface area contributed by atoms with E-state index in [1.165, 1.54) is 0 Å². The fourth-order valence-electron chi connectivity index (χ4n) is 4.33. The fourth-order valence-corrected chi connectivity index (χ4v) is 4.33. The molecular weight excluding hydrogens is 308 g/mol. The van der Waals surface area contributed by atoms with Crippen LogP contribution in [-0.4, -0.2) is 96.1 Å². The van der Waals surface area contributed by atoms with Gasteiger partial charge in [-0.3, -0.25) is 19.4 Å². The van der Waals surface area contributed by atoms with Crippen LogP contribution >= 0.6 is 0 Å². The summed E-state index contributed by atoms with van der Waals surface area (Å²) < 4.78 is 0. The molecule has 3 atom stereocenters. The van der Waals surface area contributed by atoms with Crippen molar-refractivity contribution in [3.63, 3.8) is 0 Å². The molecule has 2 amide bonds. The molecule has 2 N–H and O–H groups in total. The van der Waals surface area contributed by atoms with Crippen LogP contribution in [0.1, 0.15) is 32.1 Å². The van der Waals surface area contributed by atoms with E-state index < -0.39 is 0 Å². The maximum atomic E-state index is 12.4. The van der Waals surface area contributed by atoms with Gasteiger partial charge in [-0.25, -0.2) is 0 Å². The van der Waals surface area contributed by atoms with Gasteiger partial charge in [-0.05, 0) is 39.8 Å². The van der Waals surface area contributed by atoms with Gasteiger partial charge in [0.1, 0.15) is 6.04 Å². The molecule has 3 saturated heterocycles. The second-order valence-corrected chi connectivity index (χ2v) is 7.50. The summed E-state index contributed by atoms with van der Waals surface area (Å²) in [5.74, 6) is 0.289. The number of aliphatic hydroxyl groups excluding tert-OH is 1. The summed E-state index contributed by atoms with van der Waals surface area (Å²) in [5.41, 5.74) is 0. The van der Waals surface area contributed by atoms with Gasteiger partial charge in [0.25, 0.3) is 0 Å². The molecule has 0 aromatic carbocycles. The maximum Gasteiger partial charge on any atom is 0.239 e. The van der Waals surface area contributed by atoms with Crippen molar-refractivity contribution in [3.8, 4) is 0 Å². The van der Waals surface area contributed by atoms with Crippen LogP contribution in [-0.2, 0) is 9.59 Å². The lowest BCUT2D eigenvalue weighted by atomic mass is 10.0. The minimum Gasteiger partial charge on any atom is -0.393 e. The average molecular weight is 338 g/mol. The van der Waals surface area contributed by atoms with Crippen LogP contribution in [0.3, 0.4) is 0 Å². The van der Waals surface area contributed by atoms with Gasteiger partial charge < -0.3 is 15.3 Å². The van der Waals surface area contributed by atoms with E-state index in [4.69, 9.17) is 0 Å². The Hall–Kier alpha value is -1.18. The number of carbonyl (C=O) groups excluding carboxylic acids is 2. The van der Waals surface area contributed by atoms with Crippen molar-refractivity contribution < 1.29 is 14.7 Å². The number of carbonyl (C=O) groups is 2. The normalized spacial score (nSPS) is 33.2. The number of likely N-dealkylation sites (N-methyl/N-ethyl adjacent to an activating group) is 2. The standard InChI is InChI=1S/C17H30N4O3/c1-19-8-7-14-16(19)17(24)18-11-12(20(14)2)3-4-15(23)21-9-5-13(22)6-10-21/h12-14,16,22H,3-11H2,1-2H3,(H,18,24)/t12-,14+,16-/m0/s1. The quantitative estimate of drug-likeness (QED) is 0.708. The first kappa shape index (κ1) is 17.6. The smallest absolute Gasteiger partial charge is 0.239 e. The third-order valence-corrected chi connectivity index (χ3v) is 6.01. The van der Waals surface area contributed by atoms with E-state index in [0.29, 0.717) is 38.9 Å². The molecule has 3 aliphatic rings. The van der Waals surface area contributed by atoms with E-state index in [0.717, 1.165) is 19.4 Å². The molecule has 7 heteroatoms. The highest BCUT2D eigenvalue weighted by Gasteiger charge is 2.43. The molecule has 3 fully saturated rings. The van der Waals surface area contributed by atoms with Crippen molar-refractivity contribution in [2.24, 2.45) is 0 Å². The molecule has 3 aliphatic heterocycles. The Morgan fingerprint density at radius 1 is 1.21 bits per heavy atom. The summed E-state index contributed by atoms with van der Waals surface area (Å²) in [6.07, 6.45) is 3.38. The lowest BCUT2D eigenvalue weighted by Gasteiger charge is -2.33. The Bertz CT molecular complexity index is 478. The Morgan fingerprint density at radius 2 is 1.92 bits per heavy atom. The van der Waals surface area contributed by atoms with Gasteiger partial charge in [0.05, 0.1) is 6.10 Å². The molecule has 0 aliphatic carbocycles. The Balaban J connectivity index is 1.55. The van der Waals surface area contributed by atoms with Crippen LogP contribution in [0.15, 0.2) is 0 Å². The summed E-state index contributed by atoms with van der Waals surface area (Å²) in [6.45, 7) is 2.87. The number of amides is 2. The number of aliphatic hydroxyl groups is 1. The second-order valence-electron chi connectivity index (χ2n) is 7.50. The van der Waals surface area contributed by atoms with Crippen molar-refractivity contribution in [2.45, 2.75) is 56.3 Å². The first-order valence-corrected chi connectivity index (χ1v) is 9.13. The molecule has 7 nitrogen and oxygen atoms in total. The molecule has 0 saturated carbocycles. The number of nitrogens with one attached hydrogen (secondary N) is 1. The summed E-state index contributed by atoms with van der Waals surface area (Å²) in [6, 6.07) is 0.372. The number of likely N-dealkylation sites (tertiary alicyclic amines) is 2. The monoisotopic (exact) mass is 338 g/mol. The fraction of sp³-hybridized carbons (Fsp3) is 0.882. The second kappa shape index (κ2) is 7.37. The third kappa shape index (κ3) is 3.58. The minimum atomic E-state index is -0.256. The molecule has 0 radical (unpaired) electrons. The van der Waals surface area contributed by atoms with E-state index in [1.807, 2.05) is 11.9 Å². The van der Waals surface area contributed by atoms with Crippen molar-refractivity contribution in [3.05, 3.63) is 0 Å². The maximum absolute atomic E-state index is 12.4. The van der Waals surface area contributed by atoms with Crippen LogP contribution in [0.5, 0.6) is 0 Å². The molecule has 3 rings (SSSR count). The minimum absolute atomic E-state index is 0.0701. The zero-order valence-electron chi connectivity index (χ0n) is 14.8. The third-order valence-electron chi connectivity index (χ3n) is 6.01. The van der Waals surface area contributed by atoms with Gasteiger partial charge in [-0.15, -0.1) is 0 Å².